The van der Waals surface area contributed by atoms with Gasteiger partial charge in [0.1, 0.15) is 5.78 Å². The Balaban J connectivity index is 2.08. The molecule has 2 aromatic heterocycles. The highest BCUT2D eigenvalue weighted by atomic mass is 16.1. The molecule has 0 atom stereocenters. The molecule has 1 aromatic carbocycles. The number of hydrogen-bond acceptors (Lipinski definition) is 2. The first-order chi connectivity index (χ1) is 10.6. The Hall–Kier alpha value is -2.16. The molecule has 0 saturated carbocycles. The lowest BCUT2D eigenvalue weighted by molar-refractivity contribution is -0.117. The number of rotatable bonds is 5. The molecule has 0 aliphatic rings. The van der Waals surface area contributed by atoms with Gasteiger partial charge >= 0.3 is 0 Å². The largest absolute Gasteiger partial charge is 0.339 e. The minimum atomic E-state index is 0.274. The van der Waals surface area contributed by atoms with Gasteiger partial charge in [-0.3, -0.25) is 4.98 Å². The summed E-state index contributed by atoms with van der Waals surface area (Å²) in [5.41, 5.74) is 4.84. The third-order valence-electron chi connectivity index (χ3n) is 4.27. The summed E-state index contributed by atoms with van der Waals surface area (Å²) in [5, 5.41) is 2.56. The predicted octanol–water partition coefficient (Wildman–Crippen LogP) is 4.57. The normalized spacial score (nSPS) is 11.4. The minimum absolute atomic E-state index is 0.274. The molecule has 3 nitrogen and oxygen atoms in total. The molecule has 0 fully saturated rings. The number of aryl methyl sites for hydroxylation is 3. The Bertz CT molecular complexity index is 845. The second-order valence-corrected chi connectivity index (χ2v) is 6.12. The molecule has 0 spiro atoms. The summed E-state index contributed by atoms with van der Waals surface area (Å²) >= 11 is 0. The molecule has 0 N–H and O–H groups in total. The minimum Gasteiger partial charge on any atom is -0.339 e. The molecule has 3 heteroatoms. The Morgan fingerprint density at radius 2 is 1.95 bits per heavy atom. The van der Waals surface area contributed by atoms with Crippen molar-refractivity contribution < 1.29 is 4.79 Å². The van der Waals surface area contributed by atoms with Gasteiger partial charge in [0.2, 0.25) is 0 Å². The van der Waals surface area contributed by atoms with E-state index in [0.717, 1.165) is 25.1 Å². The maximum atomic E-state index is 11.1. The van der Waals surface area contributed by atoms with Gasteiger partial charge in [0.05, 0.1) is 11.2 Å². The molecule has 0 aliphatic heterocycles. The summed E-state index contributed by atoms with van der Waals surface area (Å²) in [6, 6.07) is 8.72. The molecule has 3 aromatic rings. The number of Topliss-reactive ketones (excluding diaryl/α,β-unsaturated/α-hetero) is 1. The number of carbonyl (C=O) groups excluding carboxylic acids is 1. The van der Waals surface area contributed by atoms with Crippen LogP contribution in [0.15, 0.2) is 30.5 Å². The number of aromatic nitrogens is 2. The fourth-order valence-electron chi connectivity index (χ4n) is 3.21. The molecule has 0 radical (unpaired) electrons. The van der Waals surface area contributed by atoms with Crippen molar-refractivity contribution in [3.05, 3.63) is 41.7 Å². The van der Waals surface area contributed by atoms with Gasteiger partial charge in [-0.2, -0.15) is 0 Å². The van der Waals surface area contributed by atoms with Crippen LogP contribution in [0.25, 0.3) is 21.8 Å². The van der Waals surface area contributed by atoms with Crippen LogP contribution in [0.2, 0.25) is 0 Å². The lowest BCUT2D eigenvalue weighted by atomic mass is 10.1. The maximum absolute atomic E-state index is 11.1. The van der Waals surface area contributed by atoms with Crippen LogP contribution in [0.4, 0.5) is 0 Å². The SMILES string of the molecule is CC(=O)CCCCn1c2cc(C)ccc2c2ccnc(C)c21. The highest BCUT2D eigenvalue weighted by Crippen LogP contribution is 2.31. The Morgan fingerprint density at radius 1 is 1.14 bits per heavy atom. The van der Waals surface area contributed by atoms with Crippen LogP contribution in [-0.2, 0) is 11.3 Å². The molecule has 0 saturated heterocycles. The zero-order valence-corrected chi connectivity index (χ0v) is 13.5. The molecular formula is C19H22N2O. The van der Waals surface area contributed by atoms with Gasteiger partial charge in [-0.15, -0.1) is 0 Å². The van der Waals surface area contributed by atoms with Crippen molar-refractivity contribution in [1.29, 1.82) is 0 Å². The molecule has 22 heavy (non-hydrogen) atoms. The van der Waals surface area contributed by atoms with E-state index in [9.17, 15) is 4.79 Å². The van der Waals surface area contributed by atoms with E-state index < -0.39 is 0 Å². The Kier molecular flexibility index (Phi) is 3.97. The second kappa shape index (κ2) is 5.91. The number of ketones is 1. The monoisotopic (exact) mass is 294 g/mol. The topological polar surface area (TPSA) is 34.9 Å². The Labute approximate surface area is 131 Å². The van der Waals surface area contributed by atoms with E-state index in [4.69, 9.17) is 0 Å². The second-order valence-electron chi connectivity index (χ2n) is 6.12. The number of carbonyl (C=O) groups is 1. The third-order valence-corrected chi connectivity index (χ3v) is 4.27. The van der Waals surface area contributed by atoms with Crippen LogP contribution in [0.1, 0.15) is 37.4 Å². The van der Waals surface area contributed by atoms with Crippen LogP contribution in [0.5, 0.6) is 0 Å². The first kappa shape index (κ1) is 14.8. The van der Waals surface area contributed by atoms with Crippen LogP contribution >= 0.6 is 0 Å². The van der Waals surface area contributed by atoms with Crippen molar-refractivity contribution >= 4 is 27.6 Å². The average Bonchev–Trinajstić information content (AvgIpc) is 2.78. The zero-order valence-electron chi connectivity index (χ0n) is 13.5. The highest BCUT2D eigenvalue weighted by molar-refractivity contribution is 6.08. The molecule has 3 rings (SSSR count). The quantitative estimate of drug-likeness (QED) is 0.646. The third kappa shape index (κ3) is 2.63. The summed E-state index contributed by atoms with van der Waals surface area (Å²) < 4.78 is 2.38. The first-order valence-corrected chi connectivity index (χ1v) is 7.91. The first-order valence-electron chi connectivity index (χ1n) is 7.91. The van der Waals surface area contributed by atoms with Crippen molar-refractivity contribution in [2.75, 3.05) is 0 Å². The van der Waals surface area contributed by atoms with Crippen LogP contribution in [-0.4, -0.2) is 15.3 Å². The number of hydrogen-bond donors (Lipinski definition) is 0. The lowest BCUT2D eigenvalue weighted by Gasteiger charge is -2.08. The van der Waals surface area contributed by atoms with Crippen LogP contribution < -0.4 is 0 Å². The smallest absolute Gasteiger partial charge is 0.129 e. The van der Waals surface area contributed by atoms with E-state index in [1.54, 1.807) is 6.92 Å². The summed E-state index contributed by atoms with van der Waals surface area (Å²) in [7, 11) is 0. The van der Waals surface area contributed by atoms with E-state index in [2.05, 4.69) is 47.7 Å². The maximum Gasteiger partial charge on any atom is 0.129 e. The highest BCUT2D eigenvalue weighted by Gasteiger charge is 2.12. The standard InChI is InChI=1S/C19H22N2O/c1-13-7-8-16-17-9-10-20-15(3)19(17)21(18(16)12-13)11-5-4-6-14(2)22/h7-10,12H,4-6,11H2,1-3H3. The summed E-state index contributed by atoms with van der Waals surface area (Å²) in [6.45, 7) is 6.80. The molecule has 2 heterocycles. The van der Waals surface area contributed by atoms with Crippen LogP contribution in [0, 0.1) is 13.8 Å². The van der Waals surface area contributed by atoms with Gasteiger partial charge < -0.3 is 9.36 Å². The molecule has 0 unspecified atom stereocenters. The number of nitrogens with zero attached hydrogens (tertiary/aromatic N) is 2. The van der Waals surface area contributed by atoms with Crippen molar-refractivity contribution in [3.63, 3.8) is 0 Å². The Morgan fingerprint density at radius 3 is 2.73 bits per heavy atom. The zero-order chi connectivity index (χ0) is 15.7. The number of unbranched alkanes of at least 4 members (excludes halogenated alkanes) is 1. The molecule has 0 amide bonds. The molecule has 114 valence electrons. The van der Waals surface area contributed by atoms with E-state index >= 15 is 0 Å². The molecule has 0 bridgehead atoms. The van der Waals surface area contributed by atoms with Crippen LogP contribution in [0.3, 0.4) is 0 Å². The lowest BCUT2D eigenvalue weighted by Crippen LogP contribution is -2.01. The summed E-state index contributed by atoms with van der Waals surface area (Å²) in [4.78, 5) is 15.6. The molecule has 0 aliphatic carbocycles. The molecular weight excluding hydrogens is 272 g/mol. The van der Waals surface area contributed by atoms with Crippen molar-refractivity contribution in [1.82, 2.24) is 9.55 Å². The van der Waals surface area contributed by atoms with Crippen molar-refractivity contribution in [3.8, 4) is 0 Å². The van der Waals surface area contributed by atoms with Gasteiger partial charge in [0.25, 0.3) is 0 Å². The van der Waals surface area contributed by atoms with Gasteiger partial charge in [-0.1, -0.05) is 12.1 Å². The summed E-state index contributed by atoms with van der Waals surface area (Å²) in [5.74, 6) is 0.274. The van der Waals surface area contributed by atoms with E-state index in [1.165, 1.54) is 27.4 Å². The van der Waals surface area contributed by atoms with E-state index in [0.29, 0.717) is 6.42 Å². The summed E-state index contributed by atoms with van der Waals surface area (Å²) in [6.07, 6.45) is 4.52. The average molecular weight is 294 g/mol. The number of fused-ring (bicyclic) bond motifs is 3. The van der Waals surface area contributed by atoms with Gasteiger partial charge in [0, 0.05) is 35.5 Å². The number of pyridine rings is 1. The number of benzene rings is 1. The van der Waals surface area contributed by atoms with Gasteiger partial charge in [-0.05, 0) is 51.3 Å². The fraction of sp³-hybridized carbons (Fsp3) is 0.368. The van der Waals surface area contributed by atoms with Crippen molar-refractivity contribution in [2.45, 2.75) is 46.6 Å². The van der Waals surface area contributed by atoms with E-state index in [-0.39, 0.29) is 5.78 Å². The van der Waals surface area contributed by atoms with Gasteiger partial charge in [0.15, 0.2) is 0 Å². The predicted molar refractivity (Wildman–Crippen MR) is 91.2 cm³/mol. The fourth-order valence-corrected chi connectivity index (χ4v) is 3.21. The van der Waals surface area contributed by atoms with Gasteiger partial charge in [-0.25, -0.2) is 0 Å². The van der Waals surface area contributed by atoms with Crippen molar-refractivity contribution in [2.24, 2.45) is 0 Å². The van der Waals surface area contributed by atoms with E-state index in [1.807, 2.05) is 6.20 Å².